The van der Waals surface area contributed by atoms with Crippen LogP contribution in [0.4, 0.5) is 0 Å². The van der Waals surface area contributed by atoms with Gasteiger partial charge in [-0.2, -0.15) is 0 Å². The molecule has 0 saturated heterocycles. The molecule has 0 unspecified atom stereocenters. The summed E-state index contributed by atoms with van der Waals surface area (Å²) < 4.78 is 4.51. The topological polar surface area (TPSA) is 0 Å². The van der Waals surface area contributed by atoms with Crippen LogP contribution < -0.4 is 11.6 Å². The van der Waals surface area contributed by atoms with Crippen LogP contribution in [0.3, 0.4) is 0 Å². The number of halogens is 1. The van der Waals surface area contributed by atoms with Crippen LogP contribution in [0, 0.1) is 20.8 Å². The van der Waals surface area contributed by atoms with E-state index in [1.54, 1.807) is 0 Å². The van der Waals surface area contributed by atoms with Gasteiger partial charge in [-0.05, 0) is 0 Å². The molecular formula is C21H21ITi. The van der Waals surface area contributed by atoms with Crippen LogP contribution in [0.25, 0.3) is 0 Å². The molecule has 3 aromatic carbocycles. The Morgan fingerprint density at radius 1 is 0.478 bits per heavy atom. The molecule has 0 amide bonds. The Balaban J connectivity index is 2.21. The van der Waals surface area contributed by atoms with Gasteiger partial charge < -0.3 is 0 Å². The zero-order chi connectivity index (χ0) is 16.4. The average Bonchev–Trinajstić information content (AvgIpc) is 2.56. The third-order valence-corrected chi connectivity index (χ3v) is 17.3. The van der Waals surface area contributed by atoms with Gasteiger partial charge in [0, 0.05) is 0 Å². The van der Waals surface area contributed by atoms with Crippen molar-refractivity contribution in [2.24, 2.45) is 0 Å². The molecule has 0 aromatic heterocycles. The number of hydrogen-bond donors (Lipinski definition) is 0. The van der Waals surface area contributed by atoms with E-state index in [0.717, 1.165) is 0 Å². The Morgan fingerprint density at radius 2 is 0.696 bits per heavy atom. The monoisotopic (exact) mass is 448 g/mol. The molecule has 0 radical (unpaired) electrons. The second-order valence-electron chi connectivity index (χ2n) is 6.26. The second-order valence-corrected chi connectivity index (χ2v) is 17.7. The average molecular weight is 448 g/mol. The van der Waals surface area contributed by atoms with Crippen LogP contribution in [0.15, 0.2) is 72.8 Å². The molecule has 0 nitrogen and oxygen atoms in total. The van der Waals surface area contributed by atoms with Gasteiger partial charge in [0.15, 0.2) is 0 Å². The van der Waals surface area contributed by atoms with E-state index in [9.17, 15) is 0 Å². The molecule has 0 bridgehead atoms. The van der Waals surface area contributed by atoms with Crippen molar-refractivity contribution in [1.29, 1.82) is 0 Å². The molecule has 0 aliphatic rings. The summed E-state index contributed by atoms with van der Waals surface area (Å²) in [7, 11) is 0. The van der Waals surface area contributed by atoms with Gasteiger partial charge in [0.1, 0.15) is 0 Å². The fourth-order valence-corrected chi connectivity index (χ4v) is 11.8. The minimum absolute atomic E-state index is 1.32. The molecule has 0 atom stereocenters. The molecule has 0 saturated carbocycles. The van der Waals surface area contributed by atoms with E-state index in [1.807, 2.05) is 0 Å². The van der Waals surface area contributed by atoms with Gasteiger partial charge >= 0.3 is 154 Å². The van der Waals surface area contributed by atoms with Gasteiger partial charge in [0.25, 0.3) is 0 Å². The van der Waals surface area contributed by atoms with E-state index in [4.69, 9.17) is 0 Å². The first-order valence-electron chi connectivity index (χ1n) is 7.90. The summed E-state index contributed by atoms with van der Waals surface area (Å²) in [5.74, 6) is 0. The van der Waals surface area contributed by atoms with Gasteiger partial charge in [-0.3, -0.25) is 0 Å². The Kier molecular flexibility index (Phi) is 5.10. The van der Waals surface area contributed by atoms with Crippen molar-refractivity contribution in [3.63, 3.8) is 0 Å². The normalized spacial score (nSPS) is 11.5. The molecule has 0 spiro atoms. The molecule has 3 aromatic rings. The minimum atomic E-state index is -2.61. The second kappa shape index (κ2) is 6.92. The summed E-state index contributed by atoms with van der Waals surface area (Å²) in [6, 6.07) is 27.5. The zero-order valence-corrected chi connectivity index (χ0v) is 17.5. The number of hydrogen-bond acceptors (Lipinski definition) is 0. The quantitative estimate of drug-likeness (QED) is 0.412. The van der Waals surface area contributed by atoms with E-state index in [-0.39, 0.29) is 0 Å². The molecule has 3 rings (SSSR count). The summed E-state index contributed by atoms with van der Waals surface area (Å²) in [4.78, 5) is 0. The van der Waals surface area contributed by atoms with Gasteiger partial charge in [0.2, 0.25) is 0 Å². The standard InChI is InChI=1S/3C7H7.HI.Ti/c3*1-7-5-3-2-4-6-7;;/h3*3-6H,1H3;1H;/q;;;;+1/p-1. The van der Waals surface area contributed by atoms with Crippen LogP contribution in [-0.2, 0) is 12.8 Å². The Labute approximate surface area is 153 Å². The Bertz CT molecular complexity index is 676. The molecule has 0 aliphatic heterocycles. The molecule has 0 heterocycles. The molecule has 0 aliphatic carbocycles. The molecular weight excluding hydrogens is 427 g/mol. The van der Waals surface area contributed by atoms with Crippen LogP contribution in [0.2, 0.25) is 0 Å². The Morgan fingerprint density at radius 3 is 0.913 bits per heavy atom. The number of rotatable bonds is 3. The van der Waals surface area contributed by atoms with E-state index in [1.165, 1.54) is 28.3 Å². The third-order valence-electron chi connectivity index (χ3n) is 4.35. The number of aryl methyl sites for hydroxylation is 3. The summed E-state index contributed by atoms with van der Waals surface area (Å²) in [5, 5.41) is 0. The van der Waals surface area contributed by atoms with Crippen molar-refractivity contribution in [2.45, 2.75) is 20.8 Å². The van der Waals surface area contributed by atoms with Crippen molar-refractivity contribution in [3.05, 3.63) is 89.5 Å². The molecule has 23 heavy (non-hydrogen) atoms. The van der Waals surface area contributed by atoms with Crippen molar-refractivity contribution in [1.82, 2.24) is 0 Å². The van der Waals surface area contributed by atoms with E-state index in [2.05, 4.69) is 113 Å². The van der Waals surface area contributed by atoms with Crippen LogP contribution in [0.1, 0.15) is 16.7 Å². The van der Waals surface area contributed by atoms with Gasteiger partial charge in [-0.1, -0.05) is 0 Å². The van der Waals surface area contributed by atoms with Crippen molar-refractivity contribution in [2.75, 3.05) is 0 Å². The molecule has 2 heteroatoms. The fourth-order valence-electron chi connectivity index (χ4n) is 2.85. The molecule has 0 N–H and O–H groups in total. The first-order chi connectivity index (χ1) is 11.0. The molecule has 116 valence electrons. The summed E-state index contributed by atoms with van der Waals surface area (Å²) in [6.07, 6.45) is 0. The van der Waals surface area contributed by atoms with Crippen LogP contribution in [0.5, 0.6) is 0 Å². The first kappa shape index (κ1) is 16.9. The predicted octanol–water partition coefficient (Wildman–Crippen LogP) is 4.39. The van der Waals surface area contributed by atoms with Crippen LogP contribution in [-0.4, -0.2) is 0 Å². The predicted molar refractivity (Wildman–Crippen MR) is 106 cm³/mol. The zero-order valence-electron chi connectivity index (χ0n) is 13.8. The Hall–Kier alpha value is -0.896. The summed E-state index contributed by atoms with van der Waals surface area (Å²) in [5.41, 5.74) is 3.97. The van der Waals surface area contributed by atoms with E-state index in [0.29, 0.717) is 0 Å². The van der Waals surface area contributed by atoms with Crippen molar-refractivity contribution >= 4 is 30.8 Å². The van der Waals surface area contributed by atoms with Gasteiger partial charge in [-0.25, -0.2) is 0 Å². The summed E-state index contributed by atoms with van der Waals surface area (Å²) >= 11 is 0.188. The van der Waals surface area contributed by atoms with Gasteiger partial charge in [0.05, 0.1) is 0 Å². The third kappa shape index (κ3) is 3.47. The number of benzene rings is 3. The SMILES string of the molecule is Cc1cc[c]([Ti]([I])([c]2ccc(C)cc2)[c]2ccc(C)cc2)cc1. The van der Waals surface area contributed by atoms with Crippen LogP contribution >= 0.6 is 19.2 Å². The molecule has 0 fully saturated rings. The summed E-state index contributed by atoms with van der Waals surface area (Å²) in [6.45, 7) is 6.47. The maximum atomic E-state index is 2.80. The van der Waals surface area contributed by atoms with Crippen molar-refractivity contribution < 1.29 is 12.8 Å². The fraction of sp³-hybridized carbons (Fsp3) is 0.143. The van der Waals surface area contributed by atoms with E-state index >= 15 is 0 Å². The first-order valence-corrected chi connectivity index (χ1v) is 15.3. The van der Waals surface area contributed by atoms with E-state index < -0.39 is 12.8 Å². The maximum absolute atomic E-state index is 2.80. The van der Waals surface area contributed by atoms with Crippen molar-refractivity contribution in [3.8, 4) is 0 Å². The van der Waals surface area contributed by atoms with Gasteiger partial charge in [-0.15, -0.1) is 0 Å².